The third-order valence-electron chi connectivity index (χ3n) is 2.70. The fourth-order valence-electron chi connectivity index (χ4n) is 1.60. The molecule has 1 aliphatic heterocycles. The Morgan fingerprint density at radius 1 is 1.28 bits per heavy atom. The number of fused-ring (bicyclic) bond motifs is 1. The second-order valence-corrected chi connectivity index (χ2v) is 4.09. The van der Waals surface area contributed by atoms with Crippen LogP contribution >= 0.6 is 0 Å². The molecule has 0 spiro atoms. The van der Waals surface area contributed by atoms with Gasteiger partial charge in [-0.1, -0.05) is 0 Å². The third kappa shape index (κ3) is 2.03. The molecule has 5 heteroatoms. The minimum atomic E-state index is -1.31. The molecule has 0 fully saturated rings. The van der Waals surface area contributed by atoms with Crippen LogP contribution < -0.4 is 9.47 Å². The Morgan fingerprint density at radius 2 is 1.94 bits per heavy atom. The van der Waals surface area contributed by atoms with Crippen molar-refractivity contribution in [2.24, 2.45) is 0 Å². The lowest BCUT2D eigenvalue weighted by Crippen LogP contribution is -2.42. The number of carbonyl (C=O) groups is 2. The zero-order chi connectivity index (χ0) is 13.3. The molecule has 2 rings (SSSR count). The van der Waals surface area contributed by atoms with Gasteiger partial charge in [0.1, 0.15) is 0 Å². The second kappa shape index (κ2) is 4.33. The van der Waals surface area contributed by atoms with E-state index in [2.05, 4.69) is 0 Å². The number of carbonyl (C=O) groups excluding carboxylic acids is 2. The van der Waals surface area contributed by atoms with Crippen molar-refractivity contribution in [3.8, 4) is 11.5 Å². The standard InChI is InChI=1S/C13H14O5/c1-4-16-12(15)9-5-6-10-11(7-9)18-13(3,17-10)8(2)14/h5-7H,4H2,1-3H3. The monoisotopic (exact) mass is 250 g/mol. The van der Waals surface area contributed by atoms with E-state index in [9.17, 15) is 9.59 Å². The fourth-order valence-corrected chi connectivity index (χ4v) is 1.60. The summed E-state index contributed by atoms with van der Waals surface area (Å²) >= 11 is 0. The number of hydrogen-bond acceptors (Lipinski definition) is 5. The molecular weight excluding hydrogens is 236 g/mol. The predicted molar refractivity (Wildman–Crippen MR) is 62.7 cm³/mol. The molecule has 18 heavy (non-hydrogen) atoms. The summed E-state index contributed by atoms with van der Waals surface area (Å²) in [5.74, 6) is -1.16. The molecule has 0 bridgehead atoms. The van der Waals surface area contributed by atoms with Gasteiger partial charge in [-0.05, 0) is 25.1 Å². The number of Topliss-reactive ketones (excluding diaryl/α,β-unsaturated/α-hetero) is 1. The van der Waals surface area contributed by atoms with Gasteiger partial charge >= 0.3 is 11.8 Å². The van der Waals surface area contributed by atoms with Crippen LogP contribution in [0.4, 0.5) is 0 Å². The van der Waals surface area contributed by atoms with Gasteiger partial charge in [-0.3, -0.25) is 4.79 Å². The zero-order valence-electron chi connectivity index (χ0n) is 10.5. The predicted octanol–water partition coefficient (Wildman–Crippen LogP) is 1.94. The van der Waals surface area contributed by atoms with Crippen molar-refractivity contribution in [3.63, 3.8) is 0 Å². The molecule has 0 N–H and O–H groups in total. The topological polar surface area (TPSA) is 61.8 Å². The molecule has 0 saturated carbocycles. The second-order valence-electron chi connectivity index (χ2n) is 4.09. The molecule has 1 aliphatic rings. The van der Waals surface area contributed by atoms with E-state index >= 15 is 0 Å². The first-order valence-corrected chi connectivity index (χ1v) is 5.66. The van der Waals surface area contributed by atoms with Crippen molar-refractivity contribution in [3.05, 3.63) is 23.8 Å². The van der Waals surface area contributed by atoms with Crippen molar-refractivity contribution in [1.29, 1.82) is 0 Å². The molecular formula is C13H14O5. The summed E-state index contributed by atoms with van der Waals surface area (Å²) in [7, 11) is 0. The number of ether oxygens (including phenoxy) is 3. The van der Waals surface area contributed by atoms with Gasteiger partial charge in [0.25, 0.3) is 0 Å². The quantitative estimate of drug-likeness (QED) is 0.767. The highest BCUT2D eigenvalue weighted by molar-refractivity contribution is 5.91. The van der Waals surface area contributed by atoms with E-state index in [1.54, 1.807) is 26.0 Å². The Labute approximate surface area is 105 Å². The van der Waals surface area contributed by atoms with E-state index in [0.29, 0.717) is 23.7 Å². The lowest BCUT2D eigenvalue weighted by molar-refractivity contribution is -0.149. The molecule has 1 heterocycles. The highest BCUT2D eigenvalue weighted by atomic mass is 16.7. The normalized spacial score (nSPS) is 20.6. The molecule has 96 valence electrons. The van der Waals surface area contributed by atoms with Crippen molar-refractivity contribution in [2.75, 3.05) is 6.61 Å². The van der Waals surface area contributed by atoms with Gasteiger partial charge in [-0.2, -0.15) is 0 Å². The van der Waals surface area contributed by atoms with E-state index in [0.717, 1.165) is 0 Å². The first-order valence-electron chi connectivity index (χ1n) is 5.66. The maximum Gasteiger partial charge on any atom is 0.338 e. The number of hydrogen-bond donors (Lipinski definition) is 0. The van der Waals surface area contributed by atoms with E-state index in [-0.39, 0.29) is 5.78 Å². The van der Waals surface area contributed by atoms with E-state index in [1.807, 2.05) is 0 Å². The van der Waals surface area contributed by atoms with E-state index in [1.165, 1.54) is 13.0 Å². The Balaban J connectivity index is 2.27. The van der Waals surface area contributed by atoms with Crippen LogP contribution in [0.2, 0.25) is 0 Å². The van der Waals surface area contributed by atoms with Crippen molar-refractivity contribution in [1.82, 2.24) is 0 Å². The third-order valence-corrected chi connectivity index (χ3v) is 2.70. The number of rotatable bonds is 3. The van der Waals surface area contributed by atoms with E-state index in [4.69, 9.17) is 14.2 Å². The average Bonchev–Trinajstić information content (AvgIpc) is 2.66. The lowest BCUT2D eigenvalue weighted by Gasteiger charge is -2.18. The molecule has 5 nitrogen and oxygen atoms in total. The molecule has 1 aromatic rings. The van der Waals surface area contributed by atoms with Gasteiger partial charge in [0.05, 0.1) is 12.2 Å². The van der Waals surface area contributed by atoms with Crippen molar-refractivity contribution in [2.45, 2.75) is 26.6 Å². The Morgan fingerprint density at radius 3 is 2.56 bits per heavy atom. The first kappa shape index (κ1) is 12.4. The maximum atomic E-state index is 11.6. The fraction of sp³-hybridized carbons (Fsp3) is 0.385. The Bertz CT molecular complexity index is 508. The molecule has 0 amide bonds. The molecule has 0 aromatic heterocycles. The highest BCUT2D eigenvalue weighted by Crippen LogP contribution is 2.40. The first-order chi connectivity index (χ1) is 8.46. The van der Waals surface area contributed by atoms with Gasteiger partial charge in [-0.25, -0.2) is 4.79 Å². The molecule has 1 unspecified atom stereocenters. The minimum Gasteiger partial charge on any atom is -0.462 e. The summed E-state index contributed by atoms with van der Waals surface area (Å²) in [6.45, 7) is 4.97. The van der Waals surface area contributed by atoms with Crippen LogP contribution in [0.3, 0.4) is 0 Å². The SMILES string of the molecule is CCOC(=O)c1ccc2c(c1)OC(C)(C(C)=O)O2. The van der Waals surface area contributed by atoms with Gasteiger partial charge in [0.2, 0.25) is 5.78 Å². The van der Waals surface area contributed by atoms with Gasteiger partial charge in [-0.15, -0.1) is 0 Å². The maximum absolute atomic E-state index is 11.6. The van der Waals surface area contributed by atoms with Crippen LogP contribution in [-0.4, -0.2) is 24.1 Å². The number of esters is 1. The number of benzene rings is 1. The highest BCUT2D eigenvalue weighted by Gasteiger charge is 2.41. The minimum absolute atomic E-state index is 0.239. The van der Waals surface area contributed by atoms with Gasteiger partial charge in [0, 0.05) is 13.8 Å². The van der Waals surface area contributed by atoms with Crippen LogP contribution in [0.25, 0.3) is 0 Å². The Kier molecular flexibility index (Phi) is 2.98. The van der Waals surface area contributed by atoms with Crippen LogP contribution in [0.5, 0.6) is 11.5 Å². The summed E-state index contributed by atoms with van der Waals surface area (Å²) in [5, 5.41) is 0. The largest absolute Gasteiger partial charge is 0.462 e. The molecule has 1 aromatic carbocycles. The van der Waals surface area contributed by atoms with Crippen LogP contribution in [0, 0.1) is 0 Å². The smallest absolute Gasteiger partial charge is 0.338 e. The van der Waals surface area contributed by atoms with Gasteiger partial charge < -0.3 is 14.2 Å². The van der Waals surface area contributed by atoms with Crippen molar-refractivity contribution < 1.29 is 23.8 Å². The average molecular weight is 250 g/mol. The Hall–Kier alpha value is -2.04. The number of ketones is 1. The van der Waals surface area contributed by atoms with Crippen LogP contribution in [0.1, 0.15) is 31.1 Å². The lowest BCUT2D eigenvalue weighted by atomic mass is 10.2. The summed E-state index contributed by atoms with van der Waals surface area (Å²) < 4.78 is 15.8. The van der Waals surface area contributed by atoms with Gasteiger partial charge in [0.15, 0.2) is 11.5 Å². The van der Waals surface area contributed by atoms with Crippen LogP contribution in [0.15, 0.2) is 18.2 Å². The molecule has 0 saturated heterocycles. The van der Waals surface area contributed by atoms with Crippen LogP contribution in [-0.2, 0) is 9.53 Å². The molecule has 0 radical (unpaired) electrons. The summed E-state index contributed by atoms with van der Waals surface area (Å²) in [6, 6.07) is 4.68. The summed E-state index contributed by atoms with van der Waals surface area (Å²) in [5.41, 5.74) is 0.368. The van der Waals surface area contributed by atoms with E-state index < -0.39 is 11.8 Å². The molecule has 0 aliphatic carbocycles. The summed E-state index contributed by atoms with van der Waals surface area (Å²) in [6.07, 6.45) is 0. The summed E-state index contributed by atoms with van der Waals surface area (Å²) in [4.78, 5) is 23.0. The van der Waals surface area contributed by atoms with Crippen molar-refractivity contribution >= 4 is 11.8 Å². The zero-order valence-corrected chi connectivity index (χ0v) is 10.5. The molecule has 1 atom stereocenters.